The topological polar surface area (TPSA) is 45.9 Å². The average molecular weight is 412 g/mol. The average Bonchev–Trinajstić information content (AvgIpc) is 2.74. The molecule has 156 valence electrons. The van der Waals surface area contributed by atoms with Crippen LogP contribution in [0.2, 0.25) is 0 Å². The van der Waals surface area contributed by atoms with Gasteiger partial charge in [0.1, 0.15) is 30.3 Å². The normalized spacial score (nSPS) is 14.7. The number of benzene rings is 2. The summed E-state index contributed by atoms with van der Waals surface area (Å²) in [6.07, 6.45) is 1.30. The smallest absolute Gasteiger partial charge is 0.227 e. The molecule has 5 nitrogen and oxygen atoms in total. The lowest BCUT2D eigenvalue weighted by Crippen LogP contribution is -2.46. The van der Waals surface area contributed by atoms with E-state index in [-0.39, 0.29) is 29.4 Å². The maximum Gasteiger partial charge on any atom is 0.227 e. The molecule has 1 fully saturated rings. The second-order valence-electron chi connectivity index (χ2n) is 7.21. The van der Waals surface area contributed by atoms with E-state index < -0.39 is 0 Å². The summed E-state index contributed by atoms with van der Waals surface area (Å²) in [5.41, 5.74) is 0.965. The minimum absolute atomic E-state index is 0.0832. The predicted octanol–water partition coefficient (Wildman–Crippen LogP) is 3.82. The first-order valence-electron chi connectivity index (χ1n) is 9.79. The minimum atomic E-state index is -0.353. The highest BCUT2D eigenvalue weighted by molar-refractivity contribution is 5.48. The molecule has 0 radical (unpaired) electrons. The maximum absolute atomic E-state index is 14.0. The van der Waals surface area contributed by atoms with Gasteiger partial charge in [0.05, 0.1) is 12.2 Å². The summed E-state index contributed by atoms with van der Waals surface area (Å²) >= 11 is 0. The molecule has 0 saturated carbocycles. The first-order valence-corrected chi connectivity index (χ1v) is 9.79. The Hall–Kier alpha value is -3.19. The lowest BCUT2D eigenvalue weighted by molar-refractivity contribution is 0.224. The summed E-state index contributed by atoms with van der Waals surface area (Å²) in [5, 5.41) is 0. The molecule has 3 aromatic rings. The molecule has 0 amide bonds. The van der Waals surface area contributed by atoms with E-state index in [1.807, 2.05) is 11.0 Å². The zero-order valence-electron chi connectivity index (χ0n) is 16.4. The predicted molar refractivity (Wildman–Crippen MR) is 110 cm³/mol. The number of nitrogens with zero attached hydrogens (tertiary/aromatic N) is 2. The number of hydrogen-bond donors (Lipinski definition) is 0. The second-order valence-corrected chi connectivity index (χ2v) is 7.21. The van der Waals surface area contributed by atoms with Crippen LogP contribution in [0.25, 0.3) is 0 Å². The Balaban J connectivity index is 1.32. The van der Waals surface area contributed by atoms with Crippen LogP contribution in [0.5, 0.6) is 5.75 Å². The number of para-hydroxylation sites is 1. The Kier molecular flexibility index (Phi) is 6.09. The molecule has 0 aliphatic carbocycles. The van der Waals surface area contributed by atoms with Gasteiger partial charge in [-0.3, -0.25) is 9.69 Å². The van der Waals surface area contributed by atoms with Crippen molar-refractivity contribution in [1.82, 2.24) is 4.90 Å². The fourth-order valence-electron chi connectivity index (χ4n) is 3.49. The third-order valence-corrected chi connectivity index (χ3v) is 5.08. The maximum atomic E-state index is 14.0. The zero-order chi connectivity index (χ0) is 20.9. The van der Waals surface area contributed by atoms with E-state index in [1.165, 1.54) is 30.5 Å². The SMILES string of the molecule is O=c1cc(CN2CCN(c3ccccc3F)CC2)occ1OCc1cccc(F)c1. The first kappa shape index (κ1) is 20.1. The number of halogens is 2. The molecule has 0 atom stereocenters. The molecule has 0 bridgehead atoms. The molecule has 0 spiro atoms. The van der Waals surface area contributed by atoms with Crippen molar-refractivity contribution in [3.8, 4) is 5.75 Å². The Labute approximate surface area is 173 Å². The fraction of sp³-hybridized carbons (Fsp3) is 0.261. The van der Waals surface area contributed by atoms with Crippen molar-refractivity contribution in [3.63, 3.8) is 0 Å². The minimum Gasteiger partial charge on any atom is -0.482 e. The summed E-state index contributed by atoms with van der Waals surface area (Å²) in [6.45, 7) is 3.43. The third kappa shape index (κ3) is 4.86. The van der Waals surface area contributed by atoms with E-state index in [1.54, 1.807) is 24.3 Å². The van der Waals surface area contributed by atoms with E-state index in [4.69, 9.17) is 9.15 Å². The molecule has 1 aliphatic heterocycles. The number of piperazine rings is 1. The number of ether oxygens (including phenoxy) is 1. The molecule has 1 aromatic heterocycles. The van der Waals surface area contributed by atoms with Crippen LogP contribution in [0, 0.1) is 11.6 Å². The van der Waals surface area contributed by atoms with Gasteiger partial charge >= 0.3 is 0 Å². The van der Waals surface area contributed by atoms with Gasteiger partial charge in [-0.05, 0) is 29.8 Å². The highest BCUT2D eigenvalue weighted by Crippen LogP contribution is 2.21. The standard InChI is InChI=1S/C23H22F2N2O3/c24-18-5-3-4-17(12-18)15-30-23-16-29-19(13-22(23)28)14-26-8-10-27(11-9-26)21-7-2-1-6-20(21)25/h1-7,12-13,16H,8-11,14-15H2. The summed E-state index contributed by atoms with van der Waals surface area (Å²) in [4.78, 5) is 16.5. The quantitative estimate of drug-likeness (QED) is 0.616. The molecule has 4 rings (SSSR count). The van der Waals surface area contributed by atoms with E-state index in [9.17, 15) is 13.6 Å². The summed E-state index contributed by atoms with van der Waals surface area (Å²) in [5.74, 6) is 0.0594. The van der Waals surface area contributed by atoms with E-state index in [0.717, 1.165) is 13.1 Å². The highest BCUT2D eigenvalue weighted by Gasteiger charge is 2.20. The summed E-state index contributed by atoms with van der Waals surface area (Å²) in [7, 11) is 0. The molecule has 1 aliphatic rings. The highest BCUT2D eigenvalue weighted by atomic mass is 19.1. The molecule has 2 heterocycles. The lowest BCUT2D eigenvalue weighted by Gasteiger charge is -2.35. The van der Waals surface area contributed by atoms with Crippen LogP contribution >= 0.6 is 0 Å². The molecule has 0 N–H and O–H groups in total. The van der Waals surface area contributed by atoms with Gasteiger partial charge in [0.2, 0.25) is 11.2 Å². The summed E-state index contributed by atoms with van der Waals surface area (Å²) in [6, 6.07) is 14.2. The van der Waals surface area contributed by atoms with Gasteiger partial charge in [0.25, 0.3) is 0 Å². The van der Waals surface area contributed by atoms with Crippen molar-refractivity contribution in [2.45, 2.75) is 13.2 Å². The molecule has 2 aromatic carbocycles. The molecule has 30 heavy (non-hydrogen) atoms. The van der Waals surface area contributed by atoms with Gasteiger partial charge in [-0.2, -0.15) is 0 Å². The Morgan fingerprint density at radius 3 is 2.50 bits per heavy atom. The molecule has 1 saturated heterocycles. The number of anilines is 1. The molecular weight excluding hydrogens is 390 g/mol. The Morgan fingerprint density at radius 2 is 1.77 bits per heavy atom. The largest absolute Gasteiger partial charge is 0.482 e. The number of rotatable bonds is 6. The van der Waals surface area contributed by atoms with Gasteiger partial charge in [0, 0.05) is 32.2 Å². The van der Waals surface area contributed by atoms with Gasteiger partial charge in [-0.25, -0.2) is 8.78 Å². The molecule has 7 heteroatoms. The van der Waals surface area contributed by atoms with E-state index >= 15 is 0 Å². The van der Waals surface area contributed by atoms with Gasteiger partial charge in [-0.15, -0.1) is 0 Å². The lowest BCUT2D eigenvalue weighted by atomic mass is 10.2. The molecule has 0 unspecified atom stereocenters. The van der Waals surface area contributed by atoms with Gasteiger partial charge in [-0.1, -0.05) is 24.3 Å². The summed E-state index contributed by atoms with van der Waals surface area (Å²) < 4.78 is 38.2. The van der Waals surface area contributed by atoms with Gasteiger partial charge in [0.15, 0.2) is 0 Å². The van der Waals surface area contributed by atoms with Crippen LogP contribution in [-0.2, 0) is 13.2 Å². The van der Waals surface area contributed by atoms with Crippen molar-refractivity contribution < 1.29 is 17.9 Å². The molecular formula is C23H22F2N2O3. The van der Waals surface area contributed by atoms with Gasteiger partial charge < -0.3 is 14.1 Å². The number of hydrogen-bond acceptors (Lipinski definition) is 5. The van der Waals surface area contributed by atoms with Crippen molar-refractivity contribution in [1.29, 1.82) is 0 Å². The van der Waals surface area contributed by atoms with Crippen LogP contribution in [-0.4, -0.2) is 31.1 Å². The van der Waals surface area contributed by atoms with Crippen LogP contribution in [0.3, 0.4) is 0 Å². The van der Waals surface area contributed by atoms with E-state index in [2.05, 4.69) is 4.90 Å². The van der Waals surface area contributed by atoms with Crippen LogP contribution < -0.4 is 15.1 Å². The van der Waals surface area contributed by atoms with Crippen molar-refractivity contribution in [2.75, 3.05) is 31.1 Å². The van der Waals surface area contributed by atoms with E-state index in [0.29, 0.717) is 36.6 Å². The monoisotopic (exact) mass is 412 g/mol. The van der Waals surface area contributed by atoms with Crippen molar-refractivity contribution in [2.24, 2.45) is 0 Å². The third-order valence-electron chi connectivity index (χ3n) is 5.08. The van der Waals surface area contributed by atoms with Crippen LogP contribution in [0.1, 0.15) is 11.3 Å². The zero-order valence-corrected chi connectivity index (χ0v) is 16.4. The Morgan fingerprint density at radius 1 is 0.967 bits per heavy atom. The van der Waals surface area contributed by atoms with Crippen LogP contribution in [0.4, 0.5) is 14.5 Å². The van der Waals surface area contributed by atoms with Crippen molar-refractivity contribution >= 4 is 5.69 Å². The van der Waals surface area contributed by atoms with Crippen molar-refractivity contribution in [3.05, 3.63) is 94.0 Å². The Bertz CT molecular complexity index is 1060. The fourth-order valence-corrected chi connectivity index (χ4v) is 3.49. The van der Waals surface area contributed by atoms with Crippen LogP contribution in [0.15, 0.2) is 70.1 Å². The first-order chi connectivity index (χ1) is 14.6. The second kappa shape index (κ2) is 9.09.